The zero-order valence-corrected chi connectivity index (χ0v) is 12.8. The van der Waals surface area contributed by atoms with E-state index in [-0.39, 0.29) is 5.69 Å². The fourth-order valence-corrected chi connectivity index (χ4v) is 2.11. The average Bonchev–Trinajstić information content (AvgIpc) is 3.00. The summed E-state index contributed by atoms with van der Waals surface area (Å²) in [6, 6.07) is 9.67. The fraction of sp³-hybridized carbons (Fsp3) is 0.118. The van der Waals surface area contributed by atoms with E-state index in [1.165, 1.54) is 12.3 Å². The molecular formula is C17H14FN3O3. The Morgan fingerprint density at radius 1 is 1.29 bits per heavy atom. The summed E-state index contributed by atoms with van der Waals surface area (Å²) in [5.74, 6) is -1.69. The molecular weight excluding hydrogens is 313 g/mol. The molecule has 0 fully saturated rings. The Morgan fingerprint density at radius 2 is 2.12 bits per heavy atom. The van der Waals surface area contributed by atoms with Crippen molar-refractivity contribution in [3.63, 3.8) is 0 Å². The normalized spacial score (nSPS) is 10.6. The number of hydrogen-bond donors (Lipinski definition) is 1. The highest BCUT2D eigenvalue weighted by Gasteiger charge is 2.14. The number of amides is 1. The molecule has 0 spiro atoms. The summed E-state index contributed by atoms with van der Waals surface area (Å²) in [5.41, 5.74) is 1.48. The Kier molecular flexibility index (Phi) is 4.24. The summed E-state index contributed by atoms with van der Waals surface area (Å²) in [6.45, 7) is 1.14. The van der Waals surface area contributed by atoms with Gasteiger partial charge in [0.2, 0.25) is 0 Å². The maximum absolute atomic E-state index is 13.4. The molecule has 2 heterocycles. The van der Waals surface area contributed by atoms with E-state index in [0.717, 1.165) is 0 Å². The first-order valence-electron chi connectivity index (χ1n) is 7.20. The minimum absolute atomic E-state index is 0.107. The number of aryl methyl sites for hydroxylation is 1. The van der Waals surface area contributed by atoms with E-state index < -0.39 is 24.3 Å². The Labute approximate surface area is 136 Å². The van der Waals surface area contributed by atoms with Gasteiger partial charge in [-0.25, -0.2) is 14.2 Å². The molecule has 122 valence electrons. The average molecular weight is 327 g/mol. The quantitative estimate of drug-likeness (QED) is 0.748. The number of imidazole rings is 1. The third kappa shape index (κ3) is 3.40. The zero-order chi connectivity index (χ0) is 17.1. The Balaban J connectivity index is 1.59. The highest BCUT2D eigenvalue weighted by Crippen LogP contribution is 2.13. The number of ether oxygens (including phenoxy) is 1. The van der Waals surface area contributed by atoms with Crippen molar-refractivity contribution in [1.29, 1.82) is 0 Å². The number of rotatable bonds is 4. The van der Waals surface area contributed by atoms with Crippen LogP contribution in [0.2, 0.25) is 0 Å². The number of fused-ring (bicyclic) bond motifs is 1. The van der Waals surface area contributed by atoms with Gasteiger partial charge in [0.25, 0.3) is 5.91 Å². The number of benzene rings is 1. The maximum Gasteiger partial charge on any atom is 0.359 e. The van der Waals surface area contributed by atoms with Gasteiger partial charge >= 0.3 is 5.97 Å². The molecule has 2 aromatic heterocycles. The molecule has 6 nitrogen and oxygen atoms in total. The number of pyridine rings is 1. The minimum atomic E-state index is -0.705. The SMILES string of the molecule is Cc1ccc(NC(=O)COC(=O)c2cn3ccccc3n2)cc1F. The van der Waals surface area contributed by atoms with E-state index >= 15 is 0 Å². The lowest BCUT2D eigenvalue weighted by molar-refractivity contribution is -0.119. The lowest BCUT2D eigenvalue weighted by Crippen LogP contribution is -2.21. The summed E-state index contributed by atoms with van der Waals surface area (Å²) in [5, 5.41) is 2.46. The molecule has 0 radical (unpaired) electrons. The van der Waals surface area contributed by atoms with Crippen LogP contribution in [0.5, 0.6) is 0 Å². The van der Waals surface area contributed by atoms with Gasteiger partial charge in [-0.05, 0) is 36.8 Å². The molecule has 0 unspecified atom stereocenters. The largest absolute Gasteiger partial charge is 0.451 e. The summed E-state index contributed by atoms with van der Waals surface area (Å²) in [7, 11) is 0. The van der Waals surface area contributed by atoms with Gasteiger partial charge in [0.15, 0.2) is 12.3 Å². The Hall–Kier alpha value is -3.22. The summed E-state index contributed by atoms with van der Waals surface area (Å²) in [4.78, 5) is 27.8. The summed E-state index contributed by atoms with van der Waals surface area (Å²) >= 11 is 0. The lowest BCUT2D eigenvalue weighted by Gasteiger charge is -2.06. The van der Waals surface area contributed by atoms with Gasteiger partial charge in [-0.3, -0.25) is 4.79 Å². The summed E-state index contributed by atoms with van der Waals surface area (Å²) in [6.07, 6.45) is 3.27. The van der Waals surface area contributed by atoms with Gasteiger partial charge in [0, 0.05) is 18.1 Å². The second-order valence-corrected chi connectivity index (χ2v) is 5.18. The monoisotopic (exact) mass is 327 g/mol. The van der Waals surface area contributed by atoms with Gasteiger partial charge in [-0.15, -0.1) is 0 Å². The molecule has 0 bridgehead atoms. The molecule has 0 aliphatic heterocycles. The maximum atomic E-state index is 13.4. The van der Waals surface area contributed by atoms with Gasteiger partial charge in [-0.1, -0.05) is 12.1 Å². The third-order valence-electron chi connectivity index (χ3n) is 3.36. The van der Waals surface area contributed by atoms with Crippen molar-refractivity contribution in [2.24, 2.45) is 0 Å². The number of carbonyl (C=O) groups excluding carboxylic acids is 2. The molecule has 0 aliphatic carbocycles. The molecule has 0 saturated carbocycles. The van der Waals surface area contributed by atoms with Crippen LogP contribution in [-0.2, 0) is 9.53 Å². The predicted octanol–water partition coefficient (Wildman–Crippen LogP) is 2.58. The van der Waals surface area contributed by atoms with Crippen molar-refractivity contribution in [1.82, 2.24) is 9.38 Å². The van der Waals surface area contributed by atoms with Gasteiger partial charge in [0.1, 0.15) is 11.5 Å². The van der Waals surface area contributed by atoms with Crippen molar-refractivity contribution in [2.75, 3.05) is 11.9 Å². The van der Waals surface area contributed by atoms with Crippen molar-refractivity contribution in [3.05, 3.63) is 65.9 Å². The van der Waals surface area contributed by atoms with Gasteiger partial charge in [-0.2, -0.15) is 0 Å². The van der Waals surface area contributed by atoms with Crippen molar-refractivity contribution >= 4 is 23.2 Å². The minimum Gasteiger partial charge on any atom is -0.451 e. The van der Waals surface area contributed by atoms with Crippen LogP contribution >= 0.6 is 0 Å². The van der Waals surface area contributed by atoms with Crippen LogP contribution in [0.1, 0.15) is 16.1 Å². The van der Waals surface area contributed by atoms with E-state index in [1.807, 2.05) is 0 Å². The van der Waals surface area contributed by atoms with E-state index in [4.69, 9.17) is 4.74 Å². The number of esters is 1. The van der Waals surface area contributed by atoms with Gasteiger partial charge in [0.05, 0.1) is 0 Å². The molecule has 1 aromatic carbocycles. The number of halogens is 1. The van der Waals surface area contributed by atoms with Crippen LogP contribution in [0.25, 0.3) is 5.65 Å². The predicted molar refractivity (Wildman–Crippen MR) is 85.2 cm³/mol. The second-order valence-electron chi connectivity index (χ2n) is 5.18. The molecule has 7 heteroatoms. The van der Waals surface area contributed by atoms with E-state index in [0.29, 0.717) is 16.9 Å². The smallest absolute Gasteiger partial charge is 0.359 e. The van der Waals surface area contributed by atoms with Crippen LogP contribution in [0, 0.1) is 12.7 Å². The van der Waals surface area contributed by atoms with Crippen molar-refractivity contribution in [2.45, 2.75) is 6.92 Å². The molecule has 1 N–H and O–H groups in total. The molecule has 3 aromatic rings. The van der Waals surface area contributed by atoms with Crippen LogP contribution in [-0.4, -0.2) is 27.9 Å². The van der Waals surface area contributed by atoms with Crippen LogP contribution in [0.4, 0.5) is 10.1 Å². The molecule has 3 rings (SSSR count). The second kappa shape index (κ2) is 6.49. The summed E-state index contributed by atoms with van der Waals surface area (Å²) < 4.78 is 20.0. The lowest BCUT2D eigenvalue weighted by atomic mass is 10.2. The number of nitrogens with zero attached hydrogens (tertiary/aromatic N) is 2. The number of carbonyl (C=O) groups is 2. The highest BCUT2D eigenvalue weighted by molar-refractivity contribution is 5.95. The Bertz CT molecular complexity index is 887. The van der Waals surface area contributed by atoms with Gasteiger partial charge < -0.3 is 14.5 Å². The number of aromatic nitrogens is 2. The molecule has 24 heavy (non-hydrogen) atoms. The van der Waals surface area contributed by atoms with E-state index in [2.05, 4.69) is 10.3 Å². The number of anilines is 1. The van der Waals surface area contributed by atoms with Crippen LogP contribution in [0.3, 0.4) is 0 Å². The Morgan fingerprint density at radius 3 is 2.88 bits per heavy atom. The molecule has 0 atom stereocenters. The highest BCUT2D eigenvalue weighted by atomic mass is 19.1. The first-order valence-corrected chi connectivity index (χ1v) is 7.20. The number of nitrogens with one attached hydrogen (secondary N) is 1. The first-order chi connectivity index (χ1) is 11.5. The first kappa shape index (κ1) is 15.7. The van der Waals surface area contributed by atoms with Crippen molar-refractivity contribution < 1.29 is 18.7 Å². The number of hydrogen-bond acceptors (Lipinski definition) is 4. The fourth-order valence-electron chi connectivity index (χ4n) is 2.11. The van der Waals surface area contributed by atoms with E-state index in [1.54, 1.807) is 47.9 Å². The molecule has 1 amide bonds. The molecule has 0 saturated heterocycles. The van der Waals surface area contributed by atoms with Crippen LogP contribution < -0.4 is 5.32 Å². The third-order valence-corrected chi connectivity index (χ3v) is 3.36. The zero-order valence-electron chi connectivity index (χ0n) is 12.8. The molecule has 0 aliphatic rings. The topological polar surface area (TPSA) is 72.7 Å². The van der Waals surface area contributed by atoms with Crippen molar-refractivity contribution in [3.8, 4) is 0 Å². The van der Waals surface area contributed by atoms with E-state index in [9.17, 15) is 14.0 Å². The standard InChI is InChI=1S/C17H14FN3O3/c1-11-5-6-12(8-13(11)18)19-16(22)10-24-17(23)14-9-21-7-3-2-4-15(21)20-14/h2-9H,10H2,1H3,(H,19,22). The van der Waals surface area contributed by atoms with Crippen LogP contribution in [0.15, 0.2) is 48.8 Å².